The topological polar surface area (TPSA) is 47.9 Å². The predicted molar refractivity (Wildman–Crippen MR) is 70.9 cm³/mol. The van der Waals surface area contributed by atoms with Gasteiger partial charge in [0.05, 0.1) is 17.9 Å². The first-order valence-corrected chi connectivity index (χ1v) is 6.11. The van der Waals surface area contributed by atoms with Crippen LogP contribution in [0.4, 0.5) is 13.2 Å². The van der Waals surface area contributed by atoms with E-state index in [-0.39, 0.29) is 17.0 Å². The summed E-state index contributed by atoms with van der Waals surface area (Å²) < 4.78 is 43.5. The van der Waals surface area contributed by atoms with Crippen molar-refractivity contribution >= 4 is 5.76 Å². The fourth-order valence-corrected chi connectivity index (χ4v) is 1.67. The molecule has 0 atom stereocenters. The van der Waals surface area contributed by atoms with Crippen LogP contribution in [0.3, 0.4) is 0 Å². The maximum Gasteiger partial charge on any atom is 0.451 e. The Morgan fingerprint density at radius 3 is 2.62 bits per heavy atom. The molecule has 0 saturated carbocycles. The summed E-state index contributed by atoms with van der Waals surface area (Å²) in [4.78, 5) is 10.9. The van der Waals surface area contributed by atoms with Crippen LogP contribution >= 0.6 is 0 Å². The molecule has 4 nitrogen and oxygen atoms in total. The standard InChI is InChI=1S/C14H12F3N3O/c1-3-21-9(2)10-8-19-13(14(15,16)17)20-12(10)11-6-4-5-7-18-11/h4-8H,2-3H2,1H3. The molecule has 2 rings (SSSR count). The normalized spacial score (nSPS) is 11.2. The average molecular weight is 295 g/mol. The van der Waals surface area contributed by atoms with Gasteiger partial charge in [-0.2, -0.15) is 13.2 Å². The van der Waals surface area contributed by atoms with Gasteiger partial charge in [-0.05, 0) is 19.1 Å². The van der Waals surface area contributed by atoms with Crippen molar-refractivity contribution in [2.45, 2.75) is 13.1 Å². The molecule has 110 valence electrons. The maximum atomic E-state index is 12.8. The Hall–Kier alpha value is -2.44. The molecular formula is C14H12F3N3O. The van der Waals surface area contributed by atoms with Crippen LogP contribution in [0.25, 0.3) is 17.1 Å². The van der Waals surface area contributed by atoms with Gasteiger partial charge < -0.3 is 4.74 Å². The summed E-state index contributed by atoms with van der Waals surface area (Å²) in [5.74, 6) is -1.02. The van der Waals surface area contributed by atoms with Crippen LogP contribution in [0, 0.1) is 0 Å². The minimum absolute atomic E-state index is 0.0383. The van der Waals surface area contributed by atoms with Gasteiger partial charge in [0.1, 0.15) is 11.5 Å². The van der Waals surface area contributed by atoms with Gasteiger partial charge in [-0.25, -0.2) is 9.97 Å². The molecule has 0 aliphatic heterocycles. The van der Waals surface area contributed by atoms with Crippen molar-refractivity contribution in [3.05, 3.63) is 48.6 Å². The maximum absolute atomic E-state index is 12.8. The van der Waals surface area contributed by atoms with Crippen molar-refractivity contribution in [3.8, 4) is 11.4 Å². The molecule has 2 heterocycles. The first kappa shape index (κ1) is 15.0. The second-order valence-electron chi connectivity index (χ2n) is 4.02. The number of nitrogens with zero attached hydrogens (tertiary/aromatic N) is 3. The minimum Gasteiger partial charge on any atom is -0.494 e. The van der Waals surface area contributed by atoms with Crippen molar-refractivity contribution < 1.29 is 17.9 Å². The summed E-state index contributed by atoms with van der Waals surface area (Å²) in [6, 6.07) is 4.88. The highest BCUT2D eigenvalue weighted by Crippen LogP contribution is 2.31. The summed E-state index contributed by atoms with van der Waals surface area (Å²) in [5, 5.41) is 0. The summed E-state index contributed by atoms with van der Waals surface area (Å²) in [7, 11) is 0. The van der Waals surface area contributed by atoms with Crippen LogP contribution in [0.5, 0.6) is 0 Å². The van der Waals surface area contributed by atoms with Crippen molar-refractivity contribution in [2.24, 2.45) is 0 Å². The van der Waals surface area contributed by atoms with E-state index < -0.39 is 12.0 Å². The van der Waals surface area contributed by atoms with Crippen molar-refractivity contribution in [1.82, 2.24) is 15.0 Å². The molecule has 0 fully saturated rings. The molecule has 0 unspecified atom stereocenters. The fourth-order valence-electron chi connectivity index (χ4n) is 1.67. The van der Waals surface area contributed by atoms with Crippen LogP contribution in [-0.2, 0) is 10.9 Å². The molecule has 0 aliphatic carbocycles. The number of rotatable bonds is 4. The Labute approximate surface area is 119 Å². The van der Waals surface area contributed by atoms with Crippen molar-refractivity contribution in [3.63, 3.8) is 0 Å². The molecule has 0 spiro atoms. The molecule has 0 bridgehead atoms. The average Bonchev–Trinajstić information content (AvgIpc) is 2.47. The number of halogens is 3. The zero-order chi connectivity index (χ0) is 15.5. The van der Waals surface area contributed by atoms with Crippen LogP contribution in [0.2, 0.25) is 0 Å². The molecule has 0 amide bonds. The molecule has 0 N–H and O–H groups in total. The molecule has 7 heteroatoms. The zero-order valence-electron chi connectivity index (χ0n) is 11.2. The Balaban J connectivity index is 2.59. The van der Waals surface area contributed by atoms with E-state index in [2.05, 4.69) is 21.5 Å². The first-order chi connectivity index (χ1) is 9.93. The zero-order valence-corrected chi connectivity index (χ0v) is 11.2. The molecule has 0 aliphatic rings. The fraction of sp³-hybridized carbons (Fsp3) is 0.214. The Morgan fingerprint density at radius 2 is 2.05 bits per heavy atom. The predicted octanol–water partition coefficient (Wildman–Crippen LogP) is 3.56. The summed E-state index contributed by atoms with van der Waals surface area (Å²) in [6.07, 6.45) is -2.11. The second kappa shape index (κ2) is 5.90. The van der Waals surface area contributed by atoms with E-state index in [9.17, 15) is 13.2 Å². The summed E-state index contributed by atoms with van der Waals surface area (Å²) >= 11 is 0. The van der Waals surface area contributed by atoms with E-state index in [1.807, 2.05) is 0 Å². The second-order valence-corrected chi connectivity index (χ2v) is 4.02. The highest BCUT2D eigenvalue weighted by atomic mass is 19.4. The Bertz CT molecular complexity index is 642. The third-order valence-electron chi connectivity index (χ3n) is 2.57. The highest BCUT2D eigenvalue weighted by molar-refractivity contribution is 5.72. The number of aromatic nitrogens is 3. The van der Waals surface area contributed by atoms with Gasteiger partial charge in [0.2, 0.25) is 5.82 Å². The minimum atomic E-state index is -4.63. The largest absolute Gasteiger partial charge is 0.494 e. The molecular weight excluding hydrogens is 283 g/mol. The van der Waals surface area contributed by atoms with Crippen molar-refractivity contribution in [2.75, 3.05) is 6.61 Å². The Kier molecular flexibility index (Phi) is 4.21. The first-order valence-electron chi connectivity index (χ1n) is 6.11. The molecule has 21 heavy (non-hydrogen) atoms. The van der Waals surface area contributed by atoms with E-state index in [1.54, 1.807) is 25.1 Å². The van der Waals surface area contributed by atoms with Crippen LogP contribution in [-0.4, -0.2) is 21.6 Å². The SMILES string of the molecule is C=C(OCC)c1cnc(C(F)(F)F)nc1-c1ccccn1. The molecule has 2 aromatic heterocycles. The highest BCUT2D eigenvalue weighted by Gasteiger charge is 2.35. The number of alkyl halides is 3. The third kappa shape index (κ3) is 3.36. The quantitative estimate of drug-likeness (QED) is 0.809. The summed E-state index contributed by atoms with van der Waals surface area (Å²) in [5.41, 5.74) is 0.612. The van der Waals surface area contributed by atoms with E-state index in [4.69, 9.17) is 4.74 Å². The smallest absolute Gasteiger partial charge is 0.451 e. The number of hydrogen-bond acceptors (Lipinski definition) is 4. The molecule has 0 saturated heterocycles. The van der Waals surface area contributed by atoms with Gasteiger partial charge in [0.15, 0.2) is 0 Å². The number of hydrogen-bond donors (Lipinski definition) is 0. The molecule has 2 aromatic rings. The molecule has 0 aromatic carbocycles. The van der Waals surface area contributed by atoms with E-state index >= 15 is 0 Å². The van der Waals surface area contributed by atoms with Gasteiger partial charge in [-0.1, -0.05) is 12.6 Å². The number of ether oxygens (including phenoxy) is 1. The van der Waals surface area contributed by atoms with Crippen molar-refractivity contribution in [1.29, 1.82) is 0 Å². The summed E-state index contributed by atoms with van der Waals surface area (Å²) in [6.45, 7) is 5.76. The number of pyridine rings is 1. The van der Waals surface area contributed by atoms with Gasteiger partial charge in [-0.15, -0.1) is 0 Å². The van der Waals surface area contributed by atoms with E-state index in [0.717, 1.165) is 6.20 Å². The van der Waals surface area contributed by atoms with Crippen LogP contribution in [0.15, 0.2) is 37.2 Å². The Morgan fingerprint density at radius 1 is 1.29 bits per heavy atom. The van der Waals surface area contributed by atoms with Crippen LogP contribution in [0.1, 0.15) is 18.3 Å². The molecule has 0 radical (unpaired) electrons. The lowest BCUT2D eigenvalue weighted by molar-refractivity contribution is -0.144. The van der Waals surface area contributed by atoms with Gasteiger partial charge in [-0.3, -0.25) is 4.98 Å². The van der Waals surface area contributed by atoms with E-state index in [0.29, 0.717) is 12.3 Å². The van der Waals surface area contributed by atoms with Crippen LogP contribution < -0.4 is 0 Å². The van der Waals surface area contributed by atoms with Gasteiger partial charge in [0, 0.05) is 12.4 Å². The van der Waals surface area contributed by atoms with Gasteiger partial charge >= 0.3 is 6.18 Å². The monoisotopic (exact) mass is 295 g/mol. The lowest BCUT2D eigenvalue weighted by Crippen LogP contribution is -2.13. The lowest BCUT2D eigenvalue weighted by atomic mass is 10.1. The van der Waals surface area contributed by atoms with E-state index in [1.165, 1.54) is 6.20 Å². The lowest BCUT2D eigenvalue weighted by Gasteiger charge is -2.13. The third-order valence-corrected chi connectivity index (χ3v) is 2.57. The van der Waals surface area contributed by atoms with Gasteiger partial charge in [0.25, 0.3) is 0 Å².